The molecule has 2 heterocycles. The van der Waals surface area contributed by atoms with Gasteiger partial charge < -0.3 is 9.73 Å². The molecule has 4 nitrogen and oxygen atoms in total. The lowest BCUT2D eigenvalue weighted by Crippen LogP contribution is -2.24. The number of thioether (sulfide) groups is 1. The monoisotopic (exact) mass is 380 g/mol. The van der Waals surface area contributed by atoms with Crippen molar-refractivity contribution >= 4 is 39.2 Å². The first-order valence-corrected chi connectivity index (χ1v) is 9.97. The molecular formula is C20H16N2O2S2. The van der Waals surface area contributed by atoms with Gasteiger partial charge >= 0.3 is 0 Å². The number of amides is 1. The van der Waals surface area contributed by atoms with E-state index in [0.717, 1.165) is 31.6 Å². The number of carbonyl (C=O) groups is 1. The standard InChI is InChI=1S/C20H16N2O2S2/c23-19(13-25-15-6-2-1-3-7-15)21-12-14-10-11-17(24-14)20-22-16-8-4-5-9-18(16)26-20/h1-11H,12-13H2,(H,21,23). The second kappa shape index (κ2) is 7.76. The SMILES string of the molecule is O=C(CSc1ccccc1)NCc1ccc(-c2nc3ccccc3s2)o1. The van der Waals surface area contributed by atoms with E-state index in [1.807, 2.05) is 66.7 Å². The molecule has 0 aliphatic carbocycles. The highest BCUT2D eigenvalue weighted by atomic mass is 32.2. The average molecular weight is 380 g/mol. The lowest BCUT2D eigenvalue weighted by Gasteiger charge is -2.03. The second-order valence-electron chi connectivity index (χ2n) is 5.63. The minimum atomic E-state index is -0.0169. The van der Waals surface area contributed by atoms with Crippen molar-refractivity contribution in [3.8, 4) is 10.8 Å². The molecule has 1 N–H and O–H groups in total. The van der Waals surface area contributed by atoms with Gasteiger partial charge in [-0.25, -0.2) is 4.98 Å². The normalized spacial score (nSPS) is 10.9. The quantitative estimate of drug-likeness (QED) is 0.480. The minimum Gasteiger partial charge on any atom is -0.457 e. The van der Waals surface area contributed by atoms with E-state index in [1.54, 1.807) is 11.3 Å². The van der Waals surface area contributed by atoms with Crippen molar-refractivity contribution in [3.05, 3.63) is 72.5 Å². The van der Waals surface area contributed by atoms with Crippen LogP contribution in [0.5, 0.6) is 0 Å². The third-order valence-corrected chi connectivity index (χ3v) is 5.80. The van der Waals surface area contributed by atoms with Gasteiger partial charge in [-0.05, 0) is 36.4 Å². The molecule has 4 rings (SSSR count). The highest BCUT2D eigenvalue weighted by Gasteiger charge is 2.11. The summed E-state index contributed by atoms with van der Waals surface area (Å²) < 4.78 is 6.97. The first-order valence-electron chi connectivity index (χ1n) is 8.17. The van der Waals surface area contributed by atoms with E-state index in [4.69, 9.17) is 4.42 Å². The van der Waals surface area contributed by atoms with Crippen LogP contribution in [-0.4, -0.2) is 16.6 Å². The Balaban J connectivity index is 1.34. The van der Waals surface area contributed by atoms with Crippen LogP contribution in [0.15, 0.2) is 76.0 Å². The number of para-hydroxylation sites is 1. The number of aromatic nitrogens is 1. The summed E-state index contributed by atoms with van der Waals surface area (Å²) in [4.78, 5) is 17.7. The van der Waals surface area contributed by atoms with Crippen LogP contribution in [0, 0.1) is 0 Å². The number of hydrogen-bond donors (Lipinski definition) is 1. The Hall–Kier alpha value is -2.57. The summed E-state index contributed by atoms with van der Waals surface area (Å²) in [5.74, 6) is 1.82. The van der Waals surface area contributed by atoms with E-state index in [-0.39, 0.29) is 5.91 Å². The second-order valence-corrected chi connectivity index (χ2v) is 7.71. The molecule has 130 valence electrons. The molecule has 0 aliphatic heterocycles. The maximum absolute atomic E-state index is 12.0. The van der Waals surface area contributed by atoms with E-state index < -0.39 is 0 Å². The van der Waals surface area contributed by atoms with Crippen LogP contribution >= 0.6 is 23.1 Å². The molecule has 0 aliphatic rings. The van der Waals surface area contributed by atoms with Crippen LogP contribution in [0.2, 0.25) is 0 Å². The third kappa shape index (κ3) is 3.98. The first-order chi connectivity index (χ1) is 12.8. The van der Waals surface area contributed by atoms with Crippen LogP contribution in [0.1, 0.15) is 5.76 Å². The summed E-state index contributed by atoms with van der Waals surface area (Å²) in [6.45, 7) is 0.374. The van der Waals surface area contributed by atoms with Gasteiger partial charge in [-0.1, -0.05) is 30.3 Å². The highest BCUT2D eigenvalue weighted by Crippen LogP contribution is 2.31. The number of carbonyl (C=O) groups excluding carboxylic acids is 1. The molecule has 0 atom stereocenters. The summed E-state index contributed by atoms with van der Waals surface area (Å²) in [6.07, 6.45) is 0. The number of thiazole rings is 1. The van der Waals surface area contributed by atoms with Gasteiger partial charge in [-0.15, -0.1) is 23.1 Å². The zero-order valence-electron chi connectivity index (χ0n) is 13.8. The van der Waals surface area contributed by atoms with Crippen molar-refractivity contribution in [1.29, 1.82) is 0 Å². The third-order valence-electron chi connectivity index (χ3n) is 3.74. The molecule has 0 bridgehead atoms. The number of hydrogen-bond acceptors (Lipinski definition) is 5. The molecule has 0 fully saturated rings. The van der Waals surface area contributed by atoms with Crippen LogP contribution in [0.3, 0.4) is 0 Å². The predicted octanol–water partition coefficient (Wildman–Crippen LogP) is 4.96. The molecule has 2 aromatic heterocycles. The number of fused-ring (bicyclic) bond motifs is 1. The van der Waals surface area contributed by atoms with E-state index in [2.05, 4.69) is 10.3 Å². The van der Waals surface area contributed by atoms with Crippen molar-refractivity contribution < 1.29 is 9.21 Å². The van der Waals surface area contributed by atoms with Crippen LogP contribution in [0.4, 0.5) is 0 Å². The van der Waals surface area contributed by atoms with Crippen molar-refractivity contribution in [2.75, 3.05) is 5.75 Å². The molecule has 0 saturated heterocycles. The van der Waals surface area contributed by atoms with Crippen LogP contribution in [0.25, 0.3) is 21.0 Å². The summed E-state index contributed by atoms with van der Waals surface area (Å²) in [5, 5.41) is 3.74. The van der Waals surface area contributed by atoms with Crippen molar-refractivity contribution in [2.45, 2.75) is 11.4 Å². The van der Waals surface area contributed by atoms with E-state index in [1.165, 1.54) is 11.8 Å². The van der Waals surface area contributed by atoms with Crippen molar-refractivity contribution in [3.63, 3.8) is 0 Å². The molecule has 0 spiro atoms. The Labute approximate surface area is 159 Å². The van der Waals surface area contributed by atoms with E-state index in [0.29, 0.717) is 12.3 Å². The molecule has 4 aromatic rings. The molecule has 6 heteroatoms. The first kappa shape index (κ1) is 16.9. The zero-order chi connectivity index (χ0) is 17.8. The largest absolute Gasteiger partial charge is 0.457 e. The van der Waals surface area contributed by atoms with Gasteiger partial charge in [0.1, 0.15) is 5.76 Å². The van der Waals surface area contributed by atoms with Crippen molar-refractivity contribution in [2.24, 2.45) is 0 Å². The number of nitrogens with one attached hydrogen (secondary N) is 1. The summed E-state index contributed by atoms with van der Waals surface area (Å²) in [7, 11) is 0. The van der Waals surface area contributed by atoms with E-state index >= 15 is 0 Å². The lowest BCUT2D eigenvalue weighted by molar-refractivity contribution is -0.118. The molecule has 0 saturated carbocycles. The van der Waals surface area contributed by atoms with Gasteiger partial charge in [0.2, 0.25) is 5.91 Å². The Bertz CT molecular complexity index is 991. The van der Waals surface area contributed by atoms with E-state index in [9.17, 15) is 4.79 Å². The van der Waals surface area contributed by atoms with Gasteiger partial charge in [-0.3, -0.25) is 4.79 Å². The number of rotatable bonds is 6. The minimum absolute atomic E-state index is 0.0169. The highest BCUT2D eigenvalue weighted by molar-refractivity contribution is 8.00. The van der Waals surface area contributed by atoms with Gasteiger partial charge in [0.15, 0.2) is 10.8 Å². The zero-order valence-corrected chi connectivity index (χ0v) is 15.5. The fourth-order valence-electron chi connectivity index (χ4n) is 2.47. The number of nitrogens with zero attached hydrogens (tertiary/aromatic N) is 1. The molecule has 0 radical (unpaired) electrons. The summed E-state index contributed by atoms with van der Waals surface area (Å²) in [5.41, 5.74) is 0.969. The topological polar surface area (TPSA) is 55.1 Å². The molecule has 2 aromatic carbocycles. The summed E-state index contributed by atoms with van der Waals surface area (Å²) in [6, 6.07) is 21.7. The Morgan fingerprint density at radius 1 is 1.04 bits per heavy atom. The smallest absolute Gasteiger partial charge is 0.230 e. The maximum Gasteiger partial charge on any atom is 0.230 e. The van der Waals surface area contributed by atoms with Gasteiger partial charge in [-0.2, -0.15) is 0 Å². The molecular weight excluding hydrogens is 364 g/mol. The van der Waals surface area contributed by atoms with Gasteiger partial charge in [0, 0.05) is 4.90 Å². The summed E-state index contributed by atoms with van der Waals surface area (Å²) >= 11 is 3.12. The fraction of sp³-hybridized carbons (Fsp3) is 0.100. The Kier molecular flexibility index (Phi) is 5.04. The number of benzene rings is 2. The van der Waals surface area contributed by atoms with Gasteiger partial charge in [0.25, 0.3) is 0 Å². The van der Waals surface area contributed by atoms with Crippen LogP contribution in [-0.2, 0) is 11.3 Å². The van der Waals surface area contributed by atoms with Crippen molar-refractivity contribution in [1.82, 2.24) is 10.3 Å². The predicted molar refractivity (Wildman–Crippen MR) is 106 cm³/mol. The average Bonchev–Trinajstić information content (AvgIpc) is 3.32. The maximum atomic E-state index is 12.0. The Morgan fingerprint density at radius 2 is 1.85 bits per heavy atom. The van der Waals surface area contributed by atoms with Crippen LogP contribution < -0.4 is 5.32 Å². The molecule has 1 amide bonds. The molecule has 0 unspecified atom stereocenters. The lowest BCUT2D eigenvalue weighted by atomic mass is 10.3. The Morgan fingerprint density at radius 3 is 2.69 bits per heavy atom. The molecule has 26 heavy (non-hydrogen) atoms. The fourth-order valence-corrected chi connectivity index (χ4v) is 4.14. The number of furan rings is 1. The van der Waals surface area contributed by atoms with Gasteiger partial charge in [0.05, 0.1) is 22.5 Å².